The van der Waals surface area contributed by atoms with Crippen molar-refractivity contribution in [2.75, 3.05) is 25.5 Å². The molecule has 2 aromatic rings. The topological polar surface area (TPSA) is 35.5 Å². The summed E-state index contributed by atoms with van der Waals surface area (Å²) in [6.07, 6.45) is 0.993. The second kappa shape index (κ2) is 7.14. The van der Waals surface area contributed by atoms with Crippen LogP contribution in [-0.4, -0.2) is 25.7 Å². The molecular formula is C18H24N2O. The van der Waals surface area contributed by atoms with Gasteiger partial charge in [0.25, 0.3) is 0 Å². The summed E-state index contributed by atoms with van der Waals surface area (Å²) in [7, 11) is 3.95. The van der Waals surface area contributed by atoms with Gasteiger partial charge in [-0.25, -0.2) is 0 Å². The molecule has 1 atom stereocenters. The van der Waals surface area contributed by atoms with Crippen LogP contribution in [0.15, 0.2) is 48.5 Å². The van der Waals surface area contributed by atoms with Gasteiger partial charge in [-0.15, -0.1) is 0 Å². The van der Waals surface area contributed by atoms with E-state index >= 15 is 0 Å². The number of rotatable bonds is 6. The van der Waals surface area contributed by atoms with Crippen LogP contribution in [0, 0.1) is 0 Å². The van der Waals surface area contributed by atoms with E-state index in [0.717, 1.165) is 24.2 Å². The zero-order valence-electron chi connectivity index (χ0n) is 13.0. The lowest BCUT2D eigenvalue weighted by Gasteiger charge is -2.21. The molecule has 0 spiro atoms. The highest BCUT2D eigenvalue weighted by molar-refractivity contribution is 5.53. The van der Waals surface area contributed by atoms with Crippen LogP contribution in [0.5, 0.6) is 5.75 Å². The van der Waals surface area contributed by atoms with Crippen LogP contribution in [-0.2, 0) is 6.42 Å². The van der Waals surface area contributed by atoms with Crippen molar-refractivity contribution in [3.05, 3.63) is 59.7 Å². The molecule has 21 heavy (non-hydrogen) atoms. The number of aromatic hydroxyl groups is 1. The van der Waals surface area contributed by atoms with Crippen molar-refractivity contribution in [3.63, 3.8) is 0 Å². The van der Waals surface area contributed by atoms with Crippen molar-refractivity contribution in [2.45, 2.75) is 19.4 Å². The first-order valence-electron chi connectivity index (χ1n) is 7.37. The highest BCUT2D eigenvalue weighted by Gasteiger charge is 2.10. The van der Waals surface area contributed by atoms with E-state index < -0.39 is 0 Å². The number of benzene rings is 2. The normalized spacial score (nSPS) is 12.1. The summed E-state index contributed by atoms with van der Waals surface area (Å²) in [5, 5.41) is 13.3. The highest BCUT2D eigenvalue weighted by atomic mass is 16.3. The number of hydrogen-bond donors (Lipinski definition) is 2. The van der Waals surface area contributed by atoms with Gasteiger partial charge in [0.15, 0.2) is 0 Å². The molecule has 2 N–H and O–H groups in total. The molecule has 0 bridgehead atoms. The standard InChI is InChI=1S/C18H24N2O/c1-14(19-2)17-10-9-16(13-18(17)21)20(3)12-11-15-7-5-4-6-8-15/h4-10,13-14,19,21H,11-12H2,1-3H3. The van der Waals surface area contributed by atoms with Gasteiger partial charge in [-0.05, 0) is 32.0 Å². The van der Waals surface area contributed by atoms with E-state index in [9.17, 15) is 5.11 Å². The van der Waals surface area contributed by atoms with Gasteiger partial charge in [0.1, 0.15) is 5.75 Å². The SMILES string of the molecule is CNC(C)c1ccc(N(C)CCc2ccccc2)cc1O. The van der Waals surface area contributed by atoms with E-state index in [1.807, 2.05) is 32.2 Å². The first kappa shape index (κ1) is 15.4. The first-order valence-corrected chi connectivity index (χ1v) is 7.37. The fourth-order valence-corrected chi connectivity index (χ4v) is 2.36. The maximum absolute atomic E-state index is 10.2. The van der Waals surface area contributed by atoms with Crippen molar-refractivity contribution in [1.29, 1.82) is 0 Å². The minimum Gasteiger partial charge on any atom is -0.508 e. The summed E-state index contributed by atoms with van der Waals surface area (Å²) in [5.41, 5.74) is 3.29. The average Bonchev–Trinajstić information content (AvgIpc) is 2.52. The second-order valence-electron chi connectivity index (χ2n) is 5.41. The lowest BCUT2D eigenvalue weighted by atomic mass is 10.1. The van der Waals surface area contributed by atoms with Gasteiger partial charge in [-0.1, -0.05) is 36.4 Å². The van der Waals surface area contributed by atoms with Crippen molar-refractivity contribution in [3.8, 4) is 5.75 Å². The average molecular weight is 284 g/mol. The van der Waals surface area contributed by atoms with Gasteiger partial charge in [-0.2, -0.15) is 0 Å². The van der Waals surface area contributed by atoms with Crippen LogP contribution in [0.4, 0.5) is 5.69 Å². The van der Waals surface area contributed by atoms with Crippen LogP contribution >= 0.6 is 0 Å². The molecule has 0 heterocycles. The smallest absolute Gasteiger partial charge is 0.122 e. The summed E-state index contributed by atoms with van der Waals surface area (Å²) < 4.78 is 0. The Bertz CT molecular complexity index is 569. The molecule has 112 valence electrons. The summed E-state index contributed by atoms with van der Waals surface area (Å²) in [6.45, 7) is 2.96. The minimum absolute atomic E-state index is 0.147. The molecule has 2 rings (SSSR count). The van der Waals surface area contributed by atoms with Gasteiger partial charge in [0.05, 0.1) is 0 Å². The third-order valence-corrected chi connectivity index (χ3v) is 3.93. The molecule has 2 aromatic carbocycles. The predicted molar refractivity (Wildman–Crippen MR) is 89.0 cm³/mol. The number of nitrogens with zero attached hydrogens (tertiary/aromatic N) is 1. The molecule has 3 nitrogen and oxygen atoms in total. The summed E-state index contributed by atoms with van der Waals surface area (Å²) >= 11 is 0. The van der Waals surface area contributed by atoms with Crippen LogP contribution < -0.4 is 10.2 Å². The Morgan fingerprint density at radius 1 is 1.14 bits per heavy atom. The Labute approximate surface area is 127 Å². The second-order valence-corrected chi connectivity index (χ2v) is 5.41. The van der Waals surface area contributed by atoms with Gasteiger partial charge in [0.2, 0.25) is 0 Å². The molecule has 0 amide bonds. The molecule has 0 saturated carbocycles. The molecule has 0 fully saturated rings. The zero-order valence-corrected chi connectivity index (χ0v) is 13.0. The van der Waals surface area contributed by atoms with Gasteiger partial charge in [0, 0.05) is 37.0 Å². The summed E-state index contributed by atoms with van der Waals surface area (Å²) in [5.74, 6) is 0.348. The molecule has 0 aliphatic carbocycles. The molecule has 0 radical (unpaired) electrons. The van der Waals surface area contributed by atoms with Crippen LogP contribution in [0.1, 0.15) is 24.1 Å². The van der Waals surface area contributed by atoms with E-state index in [1.54, 1.807) is 0 Å². The lowest BCUT2D eigenvalue weighted by molar-refractivity contribution is 0.458. The third kappa shape index (κ3) is 3.99. The molecule has 1 unspecified atom stereocenters. The Morgan fingerprint density at radius 3 is 2.48 bits per heavy atom. The van der Waals surface area contributed by atoms with Gasteiger partial charge >= 0.3 is 0 Å². The van der Waals surface area contributed by atoms with Gasteiger partial charge in [-0.3, -0.25) is 0 Å². The molecule has 0 aliphatic rings. The minimum atomic E-state index is 0.147. The number of anilines is 1. The van der Waals surface area contributed by atoms with Crippen LogP contribution in [0.2, 0.25) is 0 Å². The Hall–Kier alpha value is -2.00. The lowest BCUT2D eigenvalue weighted by Crippen LogP contribution is -2.20. The quantitative estimate of drug-likeness (QED) is 0.854. The van der Waals surface area contributed by atoms with E-state index in [2.05, 4.69) is 47.6 Å². The first-order chi connectivity index (χ1) is 10.1. The third-order valence-electron chi connectivity index (χ3n) is 3.93. The maximum Gasteiger partial charge on any atom is 0.122 e. The van der Waals surface area contributed by atoms with Crippen molar-refractivity contribution < 1.29 is 5.11 Å². The van der Waals surface area contributed by atoms with Crippen LogP contribution in [0.25, 0.3) is 0 Å². The Morgan fingerprint density at radius 2 is 1.86 bits per heavy atom. The molecular weight excluding hydrogens is 260 g/mol. The molecule has 0 aromatic heterocycles. The van der Waals surface area contributed by atoms with Crippen LogP contribution in [0.3, 0.4) is 0 Å². The van der Waals surface area contributed by atoms with Crippen molar-refractivity contribution >= 4 is 5.69 Å². The largest absolute Gasteiger partial charge is 0.508 e. The number of hydrogen-bond acceptors (Lipinski definition) is 3. The van der Waals surface area contributed by atoms with E-state index in [1.165, 1.54) is 5.56 Å². The fraction of sp³-hybridized carbons (Fsp3) is 0.333. The number of phenols is 1. The summed E-state index contributed by atoms with van der Waals surface area (Å²) in [4.78, 5) is 2.17. The highest BCUT2D eigenvalue weighted by Crippen LogP contribution is 2.28. The monoisotopic (exact) mass is 284 g/mol. The van der Waals surface area contributed by atoms with E-state index in [4.69, 9.17) is 0 Å². The number of likely N-dealkylation sites (N-methyl/N-ethyl adjacent to an activating group) is 1. The number of phenolic OH excluding ortho intramolecular Hbond substituents is 1. The Balaban J connectivity index is 2.02. The zero-order chi connectivity index (χ0) is 15.2. The van der Waals surface area contributed by atoms with E-state index in [-0.39, 0.29) is 6.04 Å². The van der Waals surface area contributed by atoms with Gasteiger partial charge < -0.3 is 15.3 Å². The molecule has 0 aliphatic heterocycles. The van der Waals surface area contributed by atoms with E-state index in [0.29, 0.717) is 5.75 Å². The Kier molecular flexibility index (Phi) is 5.23. The fourth-order valence-electron chi connectivity index (χ4n) is 2.36. The number of nitrogens with one attached hydrogen (secondary N) is 1. The summed E-state index contributed by atoms with van der Waals surface area (Å²) in [6, 6.07) is 16.5. The maximum atomic E-state index is 10.2. The predicted octanol–water partition coefficient (Wildman–Crippen LogP) is 3.35. The molecule has 0 saturated heterocycles. The van der Waals surface area contributed by atoms with Crippen molar-refractivity contribution in [1.82, 2.24) is 5.32 Å². The molecule has 3 heteroatoms. The van der Waals surface area contributed by atoms with Crippen molar-refractivity contribution in [2.24, 2.45) is 0 Å².